The van der Waals surface area contributed by atoms with Crippen LogP contribution in [-0.4, -0.2) is 115 Å². The van der Waals surface area contributed by atoms with Crippen LogP contribution in [0.4, 0.5) is 0 Å². The fourth-order valence-corrected chi connectivity index (χ4v) is 2.85. The van der Waals surface area contributed by atoms with Gasteiger partial charge in [0.05, 0.1) is 13.1 Å². The quantitative estimate of drug-likeness (QED) is 0.661. The molecule has 1 rings (SSSR count). The molecule has 23 heavy (non-hydrogen) atoms. The Kier molecular flexibility index (Phi) is 10.0. The van der Waals surface area contributed by atoms with Gasteiger partial charge in [-0.05, 0) is 13.1 Å². The van der Waals surface area contributed by atoms with Gasteiger partial charge < -0.3 is 19.7 Å². The molecule has 0 aliphatic carbocycles. The third-order valence-electron chi connectivity index (χ3n) is 4.52. The van der Waals surface area contributed by atoms with Crippen molar-refractivity contribution < 1.29 is 14.7 Å². The van der Waals surface area contributed by atoms with Crippen LogP contribution in [-0.2, 0) is 9.59 Å². The van der Waals surface area contributed by atoms with Crippen molar-refractivity contribution in [3.05, 3.63) is 0 Å². The van der Waals surface area contributed by atoms with Crippen molar-refractivity contribution in [3.8, 4) is 0 Å². The standard InChI is InChI=1S/C16H32N4O3/c1-3-17-5-6-18(4-2)8-11-20(15-16(22)23)12-10-19(9-7-17)13-14-21/h14H,3-13,15H2,1-2H3,(H,22,23). The largest absolute Gasteiger partial charge is 0.480 e. The van der Waals surface area contributed by atoms with Crippen LogP contribution in [0, 0.1) is 0 Å². The van der Waals surface area contributed by atoms with Gasteiger partial charge in [0.1, 0.15) is 6.29 Å². The Morgan fingerprint density at radius 2 is 1.22 bits per heavy atom. The lowest BCUT2D eigenvalue weighted by molar-refractivity contribution is -0.138. The van der Waals surface area contributed by atoms with Gasteiger partial charge in [0, 0.05) is 52.4 Å². The highest BCUT2D eigenvalue weighted by atomic mass is 16.4. The Bertz CT molecular complexity index is 354. The first kappa shape index (κ1) is 20.0. The molecular weight excluding hydrogens is 296 g/mol. The minimum atomic E-state index is -0.792. The topological polar surface area (TPSA) is 67.3 Å². The summed E-state index contributed by atoms with van der Waals surface area (Å²) in [6.45, 7) is 13.6. The molecule has 0 aromatic heterocycles. The number of carboxylic acids is 1. The van der Waals surface area contributed by atoms with Gasteiger partial charge in [0.25, 0.3) is 0 Å². The van der Waals surface area contributed by atoms with E-state index >= 15 is 0 Å². The third-order valence-corrected chi connectivity index (χ3v) is 4.52. The summed E-state index contributed by atoms with van der Waals surface area (Å²) in [6, 6.07) is 0. The molecule has 1 aliphatic heterocycles. The Labute approximate surface area is 139 Å². The molecule has 0 atom stereocenters. The number of hydrogen-bond donors (Lipinski definition) is 1. The molecule has 1 N–H and O–H groups in total. The summed E-state index contributed by atoms with van der Waals surface area (Å²) in [5, 5.41) is 9.08. The van der Waals surface area contributed by atoms with Gasteiger partial charge in [-0.3, -0.25) is 14.6 Å². The monoisotopic (exact) mass is 328 g/mol. The fourth-order valence-electron chi connectivity index (χ4n) is 2.85. The molecule has 0 bridgehead atoms. The maximum Gasteiger partial charge on any atom is 0.317 e. The van der Waals surface area contributed by atoms with Gasteiger partial charge in [-0.15, -0.1) is 0 Å². The second-order valence-corrected chi connectivity index (χ2v) is 6.01. The van der Waals surface area contributed by atoms with Crippen LogP contribution in [0.2, 0.25) is 0 Å². The number of carbonyl (C=O) groups is 2. The van der Waals surface area contributed by atoms with E-state index in [2.05, 4.69) is 28.5 Å². The van der Waals surface area contributed by atoms with Gasteiger partial charge in [0.2, 0.25) is 0 Å². The van der Waals surface area contributed by atoms with Crippen molar-refractivity contribution in [3.63, 3.8) is 0 Å². The zero-order valence-electron chi connectivity index (χ0n) is 14.6. The van der Waals surface area contributed by atoms with Gasteiger partial charge in [0.15, 0.2) is 0 Å². The number of hydrogen-bond acceptors (Lipinski definition) is 6. The summed E-state index contributed by atoms with van der Waals surface area (Å²) in [6.07, 6.45) is 0.933. The lowest BCUT2D eigenvalue weighted by Crippen LogP contribution is -2.47. The first-order valence-electron chi connectivity index (χ1n) is 8.63. The molecule has 0 unspecified atom stereocenters. The smallest absolute Gasteiger partial charge is 0.317 e. The molecule has 134 valence electrons. The SMILES string of the molecule is CCN1CCN(CC)CCN(CC(=O)O)CCN(CC=O)CC1. The predicted molar refractivity (Wildman–Crippen MR) is 90.8 cm³/mol. The number of likely N-dealkylation sites (N-methyl/N-ethyl adjacent to an activating group) is 2. The number of carboxylic acid groups (broad SMARTS) is 1. The second-order valence-electron chi connectivity index (χ2n) is 6.01. The van der Waals surface area contributed by atoms with E-state index in [0.717, 1.165) is 65.2 Å². The summed E-state index contributed by atoms with van der Waals surface area (Å²) < 4.78 is 0. The van der Waals surface area contributed by atoms with Crippen molar-refractivity contribution in [2.45, 2.75) is 13.8 Å². The first-order chi connectivity index (χ1) is 11.1. The minimum absolute atomic E-state index is 0.0631. The summed E-state index contributed by atoms with van der Waals surface area (Å²) >= 11 is 0. The van der Waals surface area contributed by atoms with Crippen molar-refractivity contribution in [2.24, 2.45) is 0 Å². The van der Waals surface area contributed by atoms with Crippen LogP contribution in [0.3, 0.4) is 0 Å². The summed E-state index contributed by atoms with van der Waals surface area (Å²) in [7, 11) is 0. The maximum atomic E-state index is 11.1. The van der Waals surface area contributed by atoms with E-state index in [1.165, 1.54) is 0 Å². The Balaban J connectivity index is 2.70. The molecule has 1 aliphatic rings. The van der Waals surface area contributed by atoms with E-state index in [1.54, 1.807) is 0 Å². The van der Waals surface area contributed by atoms with Crippen LogP contribution >= 0.6 is 0 Å². The Morgan fingerprint density at radius 3 is 1.57 bits per heavy atom. The van der Waals surface area contributed by atoms with Crippen molar-refractivity contribution in [1.29, 1.82) is 0 Å². The van der Waals surface area contributed by atoms with Crippen molar-refractivity contribution >= 4 is 12.3 Å². The molecule has 0 aromatic carbocycles. The van der Waals surface area contributed by atoms with E-state index in [1.807, 2.05) is 4.90 Å². The molecule has 1 fully saturated rings. The highest BCUT2D eigenvalue weighted by Crippen LogP contribution is 2.00. The molecule has 1 heterocycles. The van der Waals surface area contributed by atoms with Crippen LogP contribution in [0.25, 0.3) is 0 Å². The summed E-state index contributed by atoms with van der Waals surface area (Å²) in [5.41, 5.74) is 0. The normalized spacial score (nSPS) is 21.5. The lowest BCUT2D eigenvalue weighted by Gasteiger charge is -2.32. The molecule has 7 nitrogen and oxygen atoms in total. The average Bonchev–Trinajstić information content (AvgIpc) is 2.52. The van der Waals surface area contributed by atoms with Crippen LogP contribution in [0.5, 0.6) is 0 Å². The molecule has 0 spiro atoms. The number of aliphatic carboxylic acids is 1. The van der Waals surface area contributed by atoms with Crippen LogP contribution in [0.1, 0.15) is 13.8 Å². The van der Waals surface area contributed by atoms with Gasteiger partial charge in [-0.1, -0.05) is 13.8 Å². The molecule has 0 aromatic rings. The molecule has 1 saturated heterocycles. The predicted octanol–water partition coefficient (Wildman–Crippen LogP) is -0.469. The number of nitrogens with zero attached hydrogens (tertiary/aromatic N) is 4. The molecule has 0 radical (unpaired) electrons. The van der Waals surface area contributed by atoms with E-state index < -0.39 is 5.97 Å². The van der Waals surface area contributed by atoms with Gasteiger partial charge in [-0.2, -0.15) is 0 Å². The maximum absolute atomic E-state index is 11.1. The minimum Gasteiger partial charge on any atom is -0.480 e. The zero-order valence-corrected chi connectivity index (χ0v) is 14.6. The van der Waals surface area contributed by atoms with Crippen LogP contribution in [0.15, 0.2) is 0 Å². The van der Waals surface area contributed by atoms with E-state index in [0.29, 0.717) is 13.1 Å². The molecule has 7 heteroatoms. The van der Waals surface area contributed by atoms with E-state index in [9.17, 15) is 9.59 Å². The highest BCUT2D eigenvalue weighted by molar-refractivity contribution is 5.69. The summed E-state index contributed by atoms with van der Waals surface area (Å²) in [4.78, 5) is 30.8. The first-order valence-corrected chi connectivity index (χ1v) is 8.63. The average molecular weight is 328 g/mol. The molecule has 0 amide bonds. The number of carbonyl (C=O) groups excluding carboxylic acids is 1. The van der Waals surface area contributed by atoms with Gasteiger partial charge in [-0.25, -0.2) is 0 Å². The number of aldehydes is 1. The molecular formula is C16H32N4O3. The highest BCUT2D eigenvalue weighted by Gasteiger charge is 2.16. The summed E-state index contributed by atoms with van der Waals surface area (Å²) in [5.74, 6) is -0.792. The van der Waals surface area contributed by atoms with E-state index in [4.69, 9.17) is 5.11 Å². The van der Waals surface area contributed by atoms with Crippen molar-refractivity contribution in [2.75, 3.05) is 78.5 Å². The van der Waals surface area contributed by atoms with Crippen LogP contribution < -0.4 is 0 Å². The zero-order chi connectivity index (χ0) is 17.1. The Morgan fingerprint density at radius 1 is 0.826 bits per heavy atom. The second kappa shape index (κ2) is 11.5. The van der Waals surface area contributed by atoms with Crippen molar-refractivity contribution in [1.82, 2.24) is 19.6 Å². The van der Waals surface area contributed by atoms with Gasteiger partial charge >= 0.3 is 5.97 Å². The fraction of sp³-hybridized carbons (Fsp3) is 0.875. The Hall–Kier alpha value is -1.02. The number of rotatable bonds is 6. The van der Waals surface area contributed by atoms with E-state index in [-0.39, 0.29) is 6.54 Å². The third kappa shape index (κ3) is 8.41. The lowest BCUT2D eigenvalue weighted by atomic mass is 10.3. The molecule has 0 saturated carbocycles.